The first-order chi connectivity index (χ1) is 11.6. The number of hydrogen-bond donors (Lipinski definition) is 3. The van der Waals surface area contributed by atoms with Crippen LogP contribution in [0.25, 0.3) is 11.0 Å². The molecule has 2 aromatic heterocycles. The summed E-state index contributed by atoms with van der Waals surface area (Å²) in [5, 5.41) is 3.17. The Hall–Kier alpha value is -2.07. The molecule has 4 N–H and O–H groups in total. The first-order valence-electron chi connectivity index (χ1n) is 7.94. The van der Waals surface area contributed by atoms with Gasteiger partial charge in [0.15, 0.2) is 5.82 Å². The maximum atomic E-state index is 13.4. The van der Waals surface area contributed by atoms with E-state index in [1.54, 1.807) is 0 Å². The Kier molecular flexibility index (Phi) is 5.73. The van der Waals surface area contributed by atoms with Gasteiger partial charge in [-0.2, -0.15) is 13.4 Å². The van der Waals surface area contributed by atoms with Gasteiger partial charge < -0.3 is 11.1 Å². The van der Waals surface area contributed by atoms with Crippen LogP contribution in [0.4, 0.5) is 16.2 Å². The Morgan fingerprint density at radius 2 is 2.08 bits per heavy atom. The maximum absolute atomic E-state index is 13.4. The van der Waals surface area contributed by atoms with Crippen molar-refractivity contribution in [3.63, 3.8) is 0 Å². The van der Waals surface area contributed by atoms with Gasteiger partial charge >= 0.3 is 0 Å². The van der Waals surface area contributed by atoms with Crippen molar-refractivity contribution in [3.05, 3.63) is 18.1 Å². The number of halogens is 1. The van der Waals surface area contributed by atoms with Crippen LogP contribution >= 0.6 is 0 Å². The fourth-order valence-electron chi connectivity index (χ4n) is 2.56. The number of fused-ring (bicyclic) bond motifs is 1. The molecular weight excluding hydrogens is 349 g/mol. The number of unbranched alkanes of at least 4 members (excludes halogenated alkanes) is 1. The lowest BCUT2D eigenvalue weighted by atomic mass is 9.92. The standard InChI is InChI=1S/C15H22FN5O3S/c1-3-4-5-15(2,6-7-25(22,23)24)21-13-12-11(19-14(17)20-13)8-10(16)9-18-12/h8-9H,3-7H2,1-2H3,(H,22,23,24)(H3,17,19,20,21)/t15-/m1/s1. The number of aromatic nitrogens is 3. The second-order valence-electron chi connectivity index (χ2n) is 6.28. The highest BCUT2D eigenvalue weighted by Crippen LogP contribution is 2.28. The third-order valence-corrected chi connectivity index (χ3v) is 4.65. The number of anilines is 2. The van der Waals surface area contributed by atoms with E-state index in [1.165, 1.54) is 6.07 Å². The van der Waals surface area contributed by atoms with Crippen molar-refractivity contribution in [1.29, 1.82) is 0 Å². The molecular formula is C15H22FN5O3S. The van der Waals surface area contributed by atoms with Crippen LogP contribution < -0.4 is 11.1 Å². The van der Waals surface area contributed by atoms with Gasteiger partial charge in [-0.3, -0.25) is 4.55 Å². The Balaban J connectivity index is 2.39. The van der Waals surface area contributed by atoms with Crippen molar-refractivity contribution in [2.45, 2.75) is 45.1 Å². The van der Waals surface area contributed by atoms with Gasteiger partial charge in [-0.05, 0) is 19.8 Å². The van der Waals surface area contributed by atoms with E-state index in [-0.39, 0.29) is 23.6 Å². The molecule has 0 aliphatic heterocycles. The van der Waals surface area contributed by atoms with Gasteiger partial charge in [-0.25, -0.2) is 14.4 Å². The molecule has 0 saturated heterocycles. The van der Waals surface area contributed by atoms with Crippen LogP contribution in [0.3, 0.4) is 0 Å². The summed E-state index contributed by atoms with van der Waals surface area (Å²) in [6.45, 7) is 3.85. The van der Waals surface area contributed by atoms with E-state index in [0.29, 0.717) is 17.8 Å². The first kappa shape index (κ1) is 19.3. The SMILES string of the molecule is CCCC[C@](C)(CCS(=O)(=O)O)Nc1nc(N)nc2cc(F)cnc12. The number of nitrogen functional groups attached to an aromatic ring is 1. The summed E-state index contributed by atoms with van der Waals surface area (Å²) in [4.78, 5) is 12.1. The summed E-state index contributed by atoms with van der Waals surface area (Å²) >= 11 is 0. The zero-order valence-electron chi connectivity index (χ0n) is 14.2. The number of hydrogen-bond acceptors (Lipinski definition) is 7. The van der Waals surface area contributed by atoms with Crippen LogP contribution in [0.1, 0.15) is 39.5 Å². The minimum Gasteiger partial charge on any atom is -0.368 e. The van der Waals surface area contributed by atoms with Crippen molar-refractivity contribution in [2.75, 3.05) is 16.8 Å². The maximum Gasteiger partial charge on any atom is 0.264 e. The third kappa shape index (κ3) is 5.46. The Morgan fingerprint density at radius 1 is 1.36 bits per heavy atom. The zero-order chi connectivity index (χ0) is 18.7. The molecule has 0 aliphatic carbocycles. The van der Waals surface area contributed by atoms with Crippen molar-refractivity contribution in [3.8, 4) is 0 Å². The lowest BCUT2D eigenvalue weighted by molar-refractivity contribution is 0.423. The van der Waals surface area contributed by atoms with Crippen molar-refractivity contribution in [1.82, 2.24) is 15.0 Å². The molecule has 138 valence electrons. The van der Waals surface area contributed by atoms with Crippen LogP contribution in [-0.2, 0) is 10.1 Å². The fraction of sp³-hybridized carbons (Fsp3) is 0.533. The van der Waals surface area contributed by atoms with E-state index in [1.807, 2.05) is 13.8 Å². The molecule has 0 amide bonds. The molecule has 0 bridgehead atoms. The van der Waals surface area contributed by atoms with E-state index in [2.05, 4.69) is 20.3 Å². The van der Waals surface area contributed by atoms with Gasteiger partial charge in [-0.1, -0.05) is 19.8 Å². The predicted molar refractivity (Wildman–Crippen MR) is 94.3 cm³/mol. The summed E-state index contributed by atoms with van der Waals surface area (Å²) in [7, 11) is -4.09. The minimum absolute atomic E-state index is 0.0463. The summed E-state index contributed by atoms with van der Waals surface area (Å²) < 4.78 is 44.7. The summed E-state index contributed by atoms with van der Waals surface area (Å²) in [5.74, 6) is -0.677. The normalized spacial score (nSPS) is 14.4. The van der Waals surface area contributed by atoms with Gasteiger partial charge in [0.05, 0.1) is 17.5 Å². The third-order valence-electron chi connectivity index (χ3n) is 3.93. The van der Waals surface area contributed by atoms with E-state index < -0.39 is 21.5 Å². The highest BCUT2D eigenvalue weighted by atomic mass is 32.2. The second kappa shape index (κ2) is 7.44. The summed E-state index contributed by atoms with van der Waals surface area (Å²) in [5.41, 5.74) is 5.61. The van der Waals surface area contributed by atoms with Gasteiger partial charge in [0.25, 0.3) is 10.1 Å². The highest BCUT2D eigenvalue weighted by Gasteiger charge is 2.27. The molecule has 0 aliphatic rings. The molecule has 0 fully saturated rings. The van der Waals surface area contributed by atoms with Crippen LogP contribution in [-0.4, -0.2) is 39.2 Å². The quantitative estimate of drug-likeness (QED) is 0.603. The molecule has 2 aromatic rings. The van der Waals surface area contributed by atoms with Crippen molar-refractivity contribution < 1.29 is 17.4 Å². The van der Waals surface area contributed by atoms with Crippen LogP contribution in [0.2, 0.25) is 0 Å². The first-order valence-corrected chi connectivity index (χ1v) is 9.55. The van der Waals surface area contributed by atoms with Crippen molar-refractivity contribution in [2.24, 2.45) is 0 Å². The molecule has 0 saturated carbocycles. The molecule has 25 heavy (non-hydrogen) atoms. The molecule has 8 nitrogen and oxygen atoms in total. The van der Waals surface area contributed by atoms with Gasteiger partial charge in [0, 0.05) is 11.6 Å². The number of nitrogens with two attached hydrogens (primary N) is 1. The zero-order valence-corrected chi connectivity index (χ0v) is 15.0. The monoisotopic (exact) mass is 371 g/mol. The molecule has 1 atom stereocenters. The predicted octanol–water partition coefficient (Wildman–Crippen LogP) is 2.38. The molecule has 10 heteroatoms. The average molecular weight is 371 g/mol. The van der Waals surface area contributed by atoms with E-state index in [4.69, 9.17) is 10.3 Å². The molecule has 2 heterocycles. The lowest BCUT2D eigenvalue weighted by Crippen LogP contribution is -2.37. The number of nitrogens with zero attached hydrogens (tertiary/aromatic N) is 3. The smallest absolute Gasteiger partial charge is 0.264 e. The van der Waals surface area contributed by atoms with Crippen LogP contribution in [0, 0.1) is 5.82 Å². The lowest BCUT2D eigenvalue weighted by Gasteiger charge is -2.31. The summed E-state index contributed by atoms with van der Waals surface area (Å²) in [6, 6.07) is 1.20. The number of pyridine rings is 1. The minimum atomic E-state index is -4.09. The Morgan fingerprint density at radius 3 is 2.72 bits per heavy atom. The van der Waals surface area contributed by atoms with Gasteiger partial charge in [0.2, 0.25) is 5.95 Å². The second-order valence-corrected chi connectivity index (χ2v) is 7.85. The topological polar surface area (TPSA) is 131 Å². The molecule has 2 rings (SSSR count). The van der Waals surface area contributed by atoms with E-state index in [0.717, 1.165) is 19.0 Å². The van der Waals surface area contributed by atoms with Crippen molar-refractivity contribution >= 4 is 32.9 Å². The summed E-state index contributed by atoms with van der Waals surface area (Å²) in [6.07, 6.45) is 3.62. The highest BCUT2D eigenvalue weighted by molar-refractivity contribution is 7.85. The molecule has 0 unspecified atom stereocenters. The van der Waals surface area contributed by atoms with Crippen LogP contribution in [0.5, 0.6) is 0 Å². The Labute approximate surface area is 145 Å². The average Bonchev–Trinajstić information content (AvgIpc) is 2.50. The van der Waals surface area contributed by atoms with Gasteiger partial charge in [-0.15, -0.1) is 0 Å². The van der Waals surface area contributed by atoms with E-state index in [9.17, 15) is 12.8 Å². The number of rotatable bonds is 8. The molecule has 0 spiro atoms. The fourth-order valence-corrected chi connectivity index (χ4v) is 3.26. The number of nitrogens with one attached hydrogen (secondary N) is 1. The van der Waals surface area contributed by atoms with Gasteiger partial charge in [0.1, 0.15) is 11.3 Å². The van der Waals surface area contributed by atoms with Crippen LogP contribution in [0.15, 0.2) is 12.3 Å². The Bertz CT molecular complexity index is 856. The molecule has 0 aromatic carbocycles. The molecule has 0 radical (unpaired) electrons. The largest absolute Gasteiger partial charge is 0.368 e. The van der Waals surface area contributed by atoms with E-state index >= 15 is 0 Å².